The molecule has 0 unspecified atom stereocenters. The van der Waals surface area contributed by atoms with Gasteiger partial charge in [-0.2, -0.15) is 0 Å². The van der Waals surface area contributed by atoms with E-state index in [1.165, 1.54) is 12.1 Å². The van der Waals surface area contributed by atoms with Gasteiger partial charge in [0.15, 0.2) is 0 Å². The van der Waals surface area contributed by atoms with Gasteiger partial charge < -0.3 is 21.4 Å². The second-order valence-corrected chi connectivity index (χ2v) is 8.33. The van der Waals surface area contributed by atoms with Crippen LogP contribution in [-0.4, -0.2) is 28.4 Å². The molecule has 1 aromatic heterocycles. The fourth-order valence-electron chi connectivity index (χ4n) is 4.27. The normalized spacial score (nSPS) is 18.8. The summed E-state index contributed by atoms with van der Waals surface area (Å²) in [5, 5.41) is 11.8. The lowest BCUT2D eigenvalue weighted by Gasteiger charge is -2.27. The smallest absolute Gasteiger partial charge is 0.268 e. The van der Waals surface area contributed by atoms with Crippen LogP contribution in [0.5, 0.6) is 0 Å². The molecule has 1 fully saturated rings. The van der Waals surface area contributed by atoms with Crippen molar-refractivity contribution in [2.45, 2.75) is 50.7 Å². The standard InChI is InChI=1S/C24H28FN5O/c25-18-5-1-15(2-6-18)11-12-30-21-14-17(23(27)28)4-3-16(21)13-22(30)24(31)29-20-9-7-19(26)8-10-20/h1-6,13-14,19-20H,7-12,26H2,(H3,27,28)(H,29,31). The Balaban J connectivity index is 1.64. The summed E-state index contributed by atoms with van der Waals surface area (Å²) in [4.78, 5) is 13.2. The topological polar surface area (TPSA) is 110 Å². The molecule has 0 aliphatic heterocycles. The molecule has 7 heteroatoms. The zero-order chi connectivity index (χ0) is 22.0. The zero-order valence-electron chi connectivity index (χ0n) is 17.4. The van der Waals surface area contributed by atoms with Gasteiger partial charge in [-0.05, 0) is 61.9 Å². The van der Waals surface area contributed by atoms with Crippen LogP contribution < -0.4 is 16.8 Å². The maximum Gasteiger partial charge on any atom is 0.268 e. The van der Waals surface area contributed by atoms with Gasteiger partial charge in [0.25, 0.3) is 5.91 Å². The minimum atomic E-state index is -0.270. The second kappa shape index (κ2) is 8.89. The number of nitrogens with zero attached hydrogens (tertiary/aromatic N) is 1. The summed E-state index contributed by atoms with van der Waals surface area (Å²) in [6.45, 7) is 0.550. The summed E-state index contributed by atoms with van der Waals surface area (Å²) in [5.41, 5.74) is 14.7. The van der Waals surface area contributed by atoms with E-state index in [4.69, 9.17) is 16.9 Å². The molecule has 4 rings (SSSR count). The summed E-state index contributed by atoms with van der Waals surface area (Å²) >= 11 is 0. The second-order valence-electron chi connectivity index (χ2n) is 8.33. The highest BCUT2D eigenvalue weighted by Gasteiger charge is 2.23. The number of aromatic nitrogens is 1. The summed E-state index contributed by atoms with van der Waals surface area (Å²) < 4.78 is 15.2. The molecule has 0 bridgehead atoms. The molecule has 0 radical (unpaired) electrons. The first-order valence-corrected chi connectivity index (χ1v) is 10.7. The molecule has 6 nitrogen and oxygen atoms in total. The summed E-state index contributed by atoms with van der Waals surface area (Å²) in [6.07, 6.45) is 4.25. The van der Waals surface area contributed by atoms with Crippen molar-refractivity contribution in [2.75, 3.05) is 0 Å². The van der Waals surface area contributed by atoms with Crippen LogP contribution >= 0.6 is 0 Å². The highest BCUT2D eigenvalue weighted by Crippen LogP contribution is 2.24. The number of carbonyl (C=O) groups excluding carboxylic acids is 1. The molecule has 6 N–H and O–H groups in total. The fourth-order valence-corrected chi connectivity index (χ4v) is 4.27. The monoisotopic (exact) mass is 421 g/mol. The minimum absolute atomic E-state index is 0.0160. The maximum absolute atomic E-state index is 13.2. The summed E-state index contributed by atoms with van der Waals surface area (Å²) in [7, 11) is 0. The van der Waals surface area contributed by atoms with E-state index in [0.717, 1.165) is 42.1 Å². The maximum atomic E-state index is 13.2. The van der Waals surface area contributed by atoms with Crippen LogP contribution in [-0.2, 0) is 13.0 Å². The molecule has 0 saturated heterocycles. The number of aryl methyl sites for hydroxylation is 2. The van der Waals surface area contributed by atoms with E-state index in [-0.39, 0.29) is 29.6 Å². The highest BCUT2D eigenvalue weighted by atomic mass is 19.1. The van der Waals surface area contributed by atoms with Crippen LogP contribution in [0.1, 0.15) is 47.3 Å². The number of amidine groups is 1. The number of nitrogens with one attached hydrogen (secondary N) is 2. The quantitative estimate of drug-likeness (QED) is 0.362. The Morgan fingerprint density at radius 1 is 1.10 bits per heavy atom. The van der Waals surface area contributed by atoms with E-state index in [0.29, 0.717) is 24.2 Å². The van der Waals surface area contributed by atoms with Crippen LogP contribution in [0.15, 0.2) is 48.5 Å². The molecular formula is C24H28FN5O. The molecule has 1 aliphatic carbocycles. The molecule has 31 heavy (non-hydrogen) atoms. The molecule has 1 aliphatic rings. The lowest BCUT2D eigenvalue weighted by molar-refractivity contribution is 0.0917. The Labute approximate surface area is 180 Å². The highest BCUT2D eigenvalue weighted by molar-refractivity contribution is 6.02. The average Bonchev–Trinajstić information content (AvgIpc) is 3.13. The number of hydrogen-bond acceptors (Lipinski definition) is 3. The van der Waals surface area contributed by atoms with E-state index in [2.05, 4.69) is 5.32 Å². The lowest BCUT2D eigenvalue weighted by atomic mass is 9.92. The van der Waals surface area contributed by atoms with Crippen molar-refractivity contribution in [3.05, 3.63) is 71.2 Å². The van der Waals surface area contributed by atoms with Gasteiger partial charge >= 0.3 is 0 Å². The predicted molar refractivity (Wildman–Crippen MR) is 121 cm³/mol. The van der Waals surface area contributed by atoms with Crippen molar-refractivity contribution >= 4 is 22.6 Å². The Kier molecular flexibility index (Phi) is 6.04. The number of hydrogen-bond donors (Lipinski definition) is 4. The minimum Gasteiger partial charge on any atom is -0.384 e. The zero-order valence-corrected chi connectivity index (χ0v) is 17.4. The van der Waals surface area contributed by atoms with Crippen LogP contribution in [0.2, 0.25) is 0 Å². The van der Waals surface area contributed by atoms with Crippen molar-refractivity contribution in [1.82, 2.24) is 9.88 Å². The molecule has 1 heterocycles. The lowest BCUT2D eigenvalue weighted by Crippen LogP contribution is -2.41. The molecular weight excluding hydrogens is 393 g/mol. The number of carbonyl (C=O) groups is 1. The van der Waals surface area contributed by atoms with Gasteiger partial charge in [0.1, 0.15) is 17.3 Å². The van der Waals surface area contributed by atoms with Crippen LogP contribution in [0.4, 0.5) is 4.39 Å². The largest absolute Gasteiger partial charge is 0.384 e. The van der Waals surface area contributed by atoms with Crippen molar-refractivity contribution in [2.24, 2.45) is 11.5 Å². The fraction of sp³-hybridized carbons (Fsp3) is 0.333. The summed E-state index contributed by atoms with van der Waals surface area (Å²) in [6, 6.07) is 14.2. The molecule has 1 amide bonds. The summed E-state index contributed by atoms with van der Waals surface area (Å²) in [5.74, 6) is -0.397. The first-order chi connectivity index (χ1) is 14.9. The number of rotatable bonds is 6. The van der Waals surface area contributed by atoms with Gasteiger partial charge in [-0.3, -0.25) is 10.2 Å². The van der Waals surface area contributed by atoms with Crippen molar-refractivity contribution in [3.63, 3.8) is 0 Å². The number of amides is 1. The SMILES string of the molecule is N=C(N)c1ccc2cc(C(=O)NC3CCC(N)CC3)n(CCc3ccc(F)cc3)c2c1. The van der Waals surface area contributed by atoms with E-state index in [1.807, 2.05) is 22.8 Å². The first kappa shape index (κ1) is 21.1. The Morgan fingerprint density at radius 3 is 2.48 bits per heavy atom. The Morgan fingerprint density at radius 2 is 1.81 bits per heavy atom. The number of nitrogen functional groups attached to an aromatic ring is 1. The van der Waals surface area contributed by atoms with E-state index >= 15 is 0 Å². The molecule has 0 spiro atoms. The van der Waals surface area contributed by atoms with Crippen LogP contribution in [0.3, 0.4) is 0 Å². The van der Waals surface area contributed by atoms with Crippen molar-refractivity contribution < 1.29 is 9.18 Å². The third kappa shape index (κ3) is 4.77. The molecule has 162 valence electrons. The predicted octanol–water partition coefficient (Wildman–Crippen LogP) is 3.31. The van der Waals surface area contributed by atoms with Gasteiger partial charge in [-0.15, -0.1) is 0 Å². The number of fused-ring (bicyclic) bond motifs is 1. The van der Waals surface area contributed by atoms with Crippen LogP contribution in [0.25, 0.3) is 10.9 Å². The van der Waals surface area contributed by atoms with Gasteiger partial charge in [0, 0.05) is 35.1 Å². The Bertz CT molecular complexity index is 1100. The van der Waals surface area contributed by atoms with Gasteiger partial charge in [0.2, 0.25) is 0 Å². The van der Waals surface area contributed by atoms with Gasteiger partial charge in [-0.1, -0.05) is 24.3 Å². The van der Waals surface area contributed by atoms with E-state index in [9.17, 15) is 9.18 Å². The number of halogens is 1. The van der Waals surface area contributed by atoms with Crippen molar-refractivity contribution in [3.8, 4) is 0 Å². The Hall–Kier alpha value is -3.19. The average molecular weight is 422 g/mol. The van der Waals surface area contributed by atoms with Gasteiger partial charge in [-0.25, -0.2) is 4.39 Å². The molecule has 3 aromatic rings. The third-order valence-electron chi connectivity index (χ3n) is 6.09. The van der Waals surface area contributed by atoms with Crippen molar-refractivity contribution in [1.29, 1.82) is 5.41 Å². The molecule has 0 atom stereocenters. The first-order valence-electron chi connectivity index (χ1n) is 10.7. The third-order valence-corrected chi connectivity index (χ3v) is 6.09. The molecule has 2 aromatic carbocycles. The van der Waals surface area contributed by atoms with E-state index in [1.54, 1.807) is 18.2 Å². The molecule has 1 saturated carbocycles. The van der Waals surface area contributed by atoms with Crippen LogP contribution in [0, 0.1) is 11.2 Å². The van der Waals surface area contributed by atoms with E-state index < -0.39 is 0 Å². The number of nitrogens with two attached hydrogens (primary N) is 2. The van der Waals surface area contributed by atoms with Gasteiger partial charge in [0.05, 0.1) is 0 Å². The number of benzene rings is 2.